The van der Waals surface area contributed by atoms with E-state index < -0.39 is 5.54 Å². The number of carbonyl (C=O) groups is 2. The molecule has 1 atom stereocenters. The summed E-state index contributed by atoms with van der Waals surface area (Å²) < 4.78 is 0.953. The molecule has 122 valence electrons. The minimum Gasteiger partial charge on any atom is -0.335 e. The summed E-state index contributed by atoms with van der Waals surface area (Å²) in [7, 11) is 1.59. The van der Waals surface area contributed by atoms with Crippen LogP contribution in [0.15, 0.2) is 22.7 Å². The van der Waals surface area contributed by atoms with Crippen LogP contribution < -0.4 is 11.1 Å². The zero-order valence-corrected chi connectivity index (χ0v) is 15.2. The number of aryl methyl sites for hydroxylation is 1. The number of nitrogens with one attached hydrogen (secondary N) is 1. The normalized spacial score (nSPS) is 13.4. The SMILES string of the molecule is CCCC(C)(N)C(=O)N(C)CC(=O)Nc1ccc(Br)cc1C. The van der Waals surface area contributed by atoms with Crippen molar-refractivity contribution in [3.05, 3.63) is 28.2 Å². The maximum Gasteiger partial charge on any atom is 0.243 e. The number of benzene rings is 1. The molecule has 0 heterocycles. The molecule has 22 heavy (non-hydrogen) atoms. The molecule has 1 aromatic carbocycles. The zero-order valence-electron chi connectivity index (χ0n) is 13.6. The fourth-order valence-corrected chi connectivity index (χ4v) is 2.78. The van der Waals surface area contributed by atoms with E-state index in [1.807, 2.05) is 32.0 Å². The predicted molar refractivity (Wildman–Crippen MR) is 92.6 cm³/mol. The minimum atomic E-state index is -0.933. The second-order valence-corrected chi connectivity index (χ2v) is 6.75. The van der Waals surface area contributed by atoms with Crippen molar-refractivity contribution >= 4 is 33.4 Å². The number of anilines is 1. The fourth-order valence-electron chi connectivity index (χ4n) is 2.31. The molecule has 0 saturated heterocycles. The van der Waals surface area contributed by atoms with Crippen molar-refractivity contribution in [2.75, 3.05) is 18.9 Å². The Kier molecular flexibility index (Phi) is 6.56. The standard InChI is InChI=1S/C16H24BrN3O2/c1-5-8-16(3,18)15(22)20(4)10-14(21)19-13-7-6-12(17)9-11(13)2/h6-7,9H,5,8,10,18H2,1-4H3,(H,19,21). The molecule has 0 aliphatic carbocycles. The van der Waals surface area contributed by atoms with E-state index >= 15 is 0 Å². The number of rotatable bonds is 6. The topological polar surface area (TPSA) is 75.4 Å². The highest BCUT2D eigenvalue weighted by molar-refractivity contribution is 9.10. The van der Waals surface area contributed by atoms with Crippen LogP contribution in [-0.2, 0) is 9.59 Å². The highest BCUT2D eigenvalue weighted by atomic mass is 79.9. The van der Waals surface area contributed by atoms with Crippen LogP contribution in [0.3, 0.4) is 0 Å². The number of nitrogens with zero attached hydrogens (tertiary/aromatic N) is 1. The van der Waals surface area contributed by atoms with Crippen LogP contribution in [0.2, 0.25) is 0 Å². The van der Waals surface area contributed by atoms with E-state index in [1.165, 1.54) is 4.90 Å². The highest BCUT2D eigenvalue weighted by Crippen LogP contribution is 2.20. The van der Waals surface area contributed by atoms with E-state index in [1.54, 1.807) is 14.0 Å². The van der Waals surface area contributed by atoms with Crippen LogP contribution in [-0.4, -0.2) is 35.8 Å². The Morgan fingerprint density at radius 2 is 2.05 bits per heavy atom. The molecule has 0 radical (unpaired) electrons. The van der Waals surface area contributed by atoms with Crippen LogP contribution in [0.25, 0.3) is 0 Å². The number of likely N-dealkylation sites (N-methyl/N-ethyl adjacent to an activating group) is 1. The molecule has 0 aliphatic rings. The van der Waals surface area contributed by atoms with Crippen LogP contribution in [0.4, 0.5) is 5.69 Å². The highest BCUT2D eigenvalue weighted by Gasteiger charge is 2.30. The van der Waals surface area contributed by atoms with Crippen LogP contribution in [0, 0.1) is 6.92 Å². The number of carbonyl (C=O) groups excluding carboxylic acids is 2. The summed E-state index contributed by atoms with van der Waals surface area (Å²) in [5.41, 5.74) is 6.76. The van der Waals surface area contributed by atoms with Gasteiger partial charge in [0.05, 0.1) is 12.1 Å². The van der Waals surface area contributed by atoms with Crippen molar-refractivity contribution in [2.24, 2.45) is 5.73 Å². The Balaban J connectivity index is 2.66. The monoisotopic (exact) mass is 369 g/mol. The van der Waals surface area contributed by atoms with E-state index in [0.29, 0.717) is 6.42 Å². The third kappa shape index (κ3) is 5.10. The Bertz CT molecular complexity index is 558. The summed E-state index contributed by atoms with van der Waals surface area (Å²) in [4.78, 5) is 25.7. The molecule has 0 aromatic heterocycles. The molecule has 1 unspecified atom stereocenters. The Hall–Kier alpha value is -1.40. The van der Waals surface area contributed by atoms with Crippen LogP contribution >= 0.6 is 15.9 Å². The van der Waals surface area contributed by atoms with Crippen molar-refractivity contribution in [1.82, 2.24) is 4.90 Å². The summed E-state index contributed by atoms with van der Waals surface area (Å²) >= 11 is 3.38. The van der Waals surface area contributed by atoms with Crippen molar-refractivity contribution < 1.29 is 9.59 Å². The number of amides is 2. The van der Waals surface area contributed by atoms with Gasteiger partial charge >= 0.3 is 0 Å². The lowest BCUT2D eigenvalue weighted by Crippen LogP contribution is -2.53. The number of nitrogens with two attached hydrogens (primary N) is 1. The molecular formula is C16H24BrN3O2. The maximum absolute atomic E-state index is 12.3. The first-order valence-corrected chi connectivity index (χ1v) is 8.07. The van der Waals surface area contributed by atoms with Crippen molar-refractivity contribution in [3.8, 4) is 0 Å². The summed E-state index contributed by atoms with van der Waals surface area (Å²) in [5.74, 6) is -0.467. The molecule has 5 nitrogen and oxygen atoms in total. The van der Waals surface area contributed by atoms with Gasteiger partial charge in [-0.3, -0.25) is 9.59 Å². The van der Waals surface area contributed by atoms with Gasteiger partial charge in [0.15, 0.2) is 0 Å². The smallest absolute Gasteiger partial charge is 0.243 e. The molecule has 0 spiro atoms. The molecule has 0 aliphatic heterocycles. The van der Waals surface area contributed by atoms with E-state index in [4.69, 9.17) is 5.73 Å². The van der Waals surface area contributed by atoms with Gasteiger partial charge in [0.1, 0.15) is 0 Å². The minimum absolute atomic E-state index is 0.0230. The lowest BCUT2D eigenvalue weighted by atomic mass is 9.96. The lowest BCUT2D eigenvalue weighted by molar-refractivity contribution is -0.137. The molecule has 2 amide bonds. The Morgan fingerprint density at radius 3 is 2.59 bits per heavy atom. The van der Waals surface area contributed by atoms with E-state index in [9.17, 15) is 9.59 Å². The second-order valence-electron chi connectivity index (χ2n) is 5.84. The molecule has 6 heteroatoms. The number of hydrogen-bond acceptors (Lipinski definition) is 3. The molecule has 1 rings (SSSR count). The van der Waals surface area contributed by atoms with Gasteiger partial charge in [0.25, 0.3) is 0 Å². The summed E-state index contributed by atoms with van der Waals surface area (Å²) in [6, 6.07) is 5.60. The number of hydrogen-bond donors (Lipinski definition) is 2. The summed E-state index contributed by atoms with van der Waals surface area (Å²) in [5, 5.41) is 2.81. The van der Waals surface area contributed by atoms with Crippen molar-refractivity contribution in [2.45, 2.75) is 39.2 Å². The van der Waals surface area contributed by atoms with Gasteiger partial charge in [0, 0.05) is 17.2 Å². The molecule has 0 saturated carbocycles. The average molecular weight is 370 g/mol. The second kappa shape index (κ2) is 7.74. The lowest BCUT2D eigenvalue weighted by Gasteiger charge is -2.28. The molecular weight excluding hydrogens is 346 g/mol. The third-order valence-corrected chi connectivity index (χ3v) is 3.94. The quantitative estimate of drug-likeness (QED) is 0.809. The van der Waals surface area contributed by atoms with E-state index in [2.05, 4.69) is 21.2 Å². The van der Waals surface area contributed by atoms with Crippen LogP contribution in [0.1, 0.15) is 32.3 Å². The molecule has 3 N–H and O–H groups in total. The van der Waals surface area contributed by atoms with Gasteiger partial charge in [-0.05, 0) is 44.0 Å². The van der Waals surface area contributed by atoms with Gasteiger partial charge in [-0.15, -0.1) is 0 Å². The summed E-state index contributed by atoms with van der Waals surface area (Å²) in [6.45, 7) is 5.56. The Morgan fingerprint density at radius 1 is 1.41 bits per heavy atom. The first-order chi connectivity index (χ1) is 10.2. The first-order valence-electron chi connectivity index (χ1n) is 7.28. The van der Waals surface area contributed by atoms with Gasteiger partial charge in [0.2, 0.25) is 11.8 Å². The zero-order chi connectivity index (χ0) is 16.9. The van der Waals surface area contributed by atoms with Crippen LogP contribution in [0.5, 0.6) is 0 Å². The largest absolute Gasteiger partial charge is 0.335 e. The first kappa shape index (κ1) is 18.6. The average Bonchev–Trinajstić information content (AvgIpc) is 2.41. The van der Waals surface area contributed by atoms with E-state index in [0.717, 1.165) is 22.1 Å². The molecule has 1 aromatic rings. The van der Waals surface area contributed by atoms with E-state index in [-0.39, 0.29) is 18.4 Å². The number of halogens is 1. The van der Waals surface area contributed by atoms with Gasteiger partial charge in [-0.1, -0.05) is 29.3 Å². The predicted octanol–water partition coefficient (Wildman–Crippen LogP) is 2.67. The summed E-state index contributed by atoms with van der Waals surface area (Å²) in [6.07, 6.45) is 1.40. The Labute approximate surface area is 140 Å². The third-order valence-electron chi connectivity index (χ3n) is 3.45. The molecule has 0 fully saturated rings. The molecule has 0 bridgehead atoms. The van der Waals surface area contributed by atoms with Gasteiger partial charge < -0.3 is 16.0 Å². The van der Waals surface area contributed by atoms with Gasteiger partial charge in [-0.25, -0.2) is 0 Å². The van der Waals surface area contributed by atoms with Crippen molar-refractivity contribution in [3.63, 3.8) is 0 Å². The fraction of sp³-hybridized carbons (Fsp3) is 0.500. The van der Waals surface area contributed by atoms with Crippen molar-refractivity contribution in [1.29, 1.82) is 0 Å². The van der Waals surface area contributed by atoms with Gasteiger partial charge in [-0.2, -0.15) is 0 Å². The maximum atomic E-state index is 12.3.